The molecular weight excluding hydrogens is 457 g/mol. The summed E-state index contributed by atoms with van der Waals surface area (Å²) in [5.41, 5.74) is 5.81. The molecule has 3 rings (SSSR count). The van der Waals surface area contributed by atoms with Gasteiger partial charge in [-0.2, -0.15) is 0 Å². The predicted octanol–water partition coefficient (Wildman–Crippen LogP) is 4.56. The van der Waals surface area contributed by atoms with Crippen LogP contribution in [0.5, 0.6) is 5.75 Å². The van der Waals surface area contributed by atoms with Crippen molar-refractivity contribution in [1.82, 2.24) is 9.97 Å². The molecule has 0 radical (unpaired) electrons. The first-order valence-corrected chi connectivity index (χ1v) is 9.17. The Labute approximate surface area is 172 Å². The lowest BCUT2D eigenvalue weighted by Crippen LogP contribution is -2.23. The summed E-state index contributed by atoms with van der Waals surface area (Å²) in [5.74, 6) is -0.462. The fourth-order valence-corrected chi connectivity index (χ4v) is 2.87. The number of ether oxygens (including phenoxy) is 1. The first-order chi connectivity index (χ1) is 13.3. The topological polar surface area (TPSA) is 116 Å². The molecule has 8 nitrogen and oxygen atoms in total. The van der Waals surface area contributed by atoms with E-state index in [4.69, 9.17) is 22.1 Å². The van der Waals surface area contributed by atoms with E-state index in [1.165, 1.54) is 24.5 Å². The van der Waals surface area contributed by atoms with Crippen LogP contribution in [0.25, 0.3) is 10.9 Å². The Morgan fingerprint density at radius 2 is 2.18 bits per heavy atom. The maximum atomic E-state index is 14.4. The van der Waals surface area contributed by atoms with Crippen LogP contribution in [0.1, 0.15) is 6.92 Å². The summed E-state index contributed by atoms with van der Waals surface area (Å²) in [6.45, 7) is 1.82. The molecule has 146 valence electrons. The van der Waals surface area contributed by atoms with E-state index in [-0.39, 0.29) is 40.6 Å². The highest BCUT2D eigenvalue weighted by Crippen LogP contribution is 2.36. The first-order valence-electron chi connectivity index (χ1n) is 8.00. The number of rotatable bonds is 6. The number of nitrogens with zero attached hydrogens (tertiary/aromatic N) is 3. The van der Waals surface area contributed by atoms with Gasteiger partial charge in [0.25, 0.3) is 0 Å². The number of nitrogens with one attached hydrogen (secondary N) is 1. The van der Waals surface area contributed by atoms with Crippen molar-refractivity contribution in [2.24, 2.45) is 5.73 Å². The van der Waals surface area contributed by atoms with Crippen molar-refractivity contribution in [3.8, 4) is 5.75 Å². The van der Waals surface area contributed by atoms with Gasteiger partial charge in [-0.15, -0.1) is 0 Å². The van der Waals surface area contributed by atoms with Crippen molar-refractivity contribution < 1.29 is 14.1 Å². The predicted molar refractivity (Wildman–Crippen MR) is 108 cm³/mol. The monoisotopic (exact) mass is 469 g/mol. The van der Waals surface area contributed by atoms with Crippen LogP contribution in [0.3, 0.4) is 0 Å². The molecule has 0 unspecified atom stereocenters. The molecular formula is C17H14BrClFN5O3. The minimum absolute atomic E-state index is 0.0392. The van der Waals surface area contributed by atoms with Gasteiger partial charge in [-0.1, -0.05) is 11.6 Å². The van der Waals surface area contributed by atoms with Crippen molar-refractivity contribution in [2.75, 3.05) is 11.9 Å². The molecule has 0 saturated carbocycles. The molecule has 3 N–H and O–H groups in total. The lowest BCUT2D eigenvalue weighted by atomic mass is 10.2. The third kappa shape index (κ3) is 4.13. The summed E-state index contributed by atoms with van der Waals surface area (Å²) < 4.78 is 20.2. The van der Waals surface area contributed by atoms with E-state index in [0.29, 0.717) is 15.4 Å². The number of anilines is 2. The van der Waals surface area contributed by atoms with Crippen molar-refractivity contribution in [1.29, 1.82) is 0 Å². The molecule has 0 aliphatic rings. The van der Waals surface area contributed by atoms with Gasteiger partial charge in [0.2, 0.25) is 0 Å². The maximum absolute atomic E-state index is 14.4. The Morgan fingerprint density at radius 1 is 1.43 bits per heavy atom. The van der Waals surface area contributed by atoms with Gasteiger partial charge in [0.05, 0.1) is 26.5 Å². The van der Waals surface area contributed by atoms with E-state index in [0.717, 1.165) is 0 Å². The van der Waals surface area contributed by atoms with Gasteiger partial charge >= 0.3 is 5.69 Å². The second-order valence-electron chi connectivity index (χ2n) is 5.95. The smallest absolute Gasteiger partial charge is 0.311 e. The molecule has 0 spiro atoms. The van der Waals surface area contributed by atoms with E-state index in [9.17, 15) is 14.5 Å². The van der Waals surface area contributed by atoms with Gasteiger partial charge < -0.3 is 15.8 Å². The summed E-state index contributed by atoms with van der Waals surface area (Å²) in [4.78, 5) is 19.1. The number of hydrogen-bond acceptors (Lipinski definition) is 7. The summed E-state index contributed by atoms with van der Waals surface area (Å²) >= 11 is 9.04. The minimum atomic E-state index is -0.686. The van der Waals surface area contributed by atoms with Crippen LogP contribution in [0.15, 0.2) is 35.1 Å². The van der Waals surface area contributed by atoms with Crippen molar-refractivity contribution in [2.45, 2.75) is 13.0 Å². The molecule has 2 aromatic carbocycles. The number of nitrogens with two attached hydrogens (primary N) is 1. The molecule has 0 fully saturated rings. The Hall–Kier alpha value is -2.56. The van der Waals surface area contributed by atoms with Crippen LogP contribution in [-0.4, -0.2) is 27.5 Å². The van der Waals surface area contributed by atoms with Crippen LogP contribution in [-0.2, 0) is 0 Å². The van der Waals surface area contributed by atoms with E-state index in [2.05, 4.69) is 31.2 Å². The SMILES string of the molecule is C[C@H](N)COc1cc2ncnc(Nc3ccc(Br)c(Cl)c3F)c2cc1[N+](=O)[O-]. The standard InChI is InChI=1S/C17H14BrClFN5O3/c1-8(21)6-28-14-5-12-9(4-13(14)25(26)27)17(23-7-22-12)24-11-3-2-10(18)15(19)16(11)20/h2-5,7-8H,6,21H2,1H3,(H,22,23,24)/t8-/m0/s1. The molecule has 1 aromatic heterocycles. The number of fused-ring (bicyclic) bond motifs is 1. The maximum Gasteiger partial charge on any atom is 0.311 e. The van der Waals surface area contributed by atoms with Gasteiger partial charge in [0.1, 0.15) is 18.8 Å². The first kappa shape index (κ1) is 20.2. The Morgan fingerprint density at radius 3 is 2.86 bits per heavy atom. The minimum Gasteiger partial charge on any atom is -0.485 e. The number of benzene rings is 2. The number of aromatic nitrogens is 2. The van der Waals surface area contributed by atoms with Gasteiger partial charge in [-0.25, -0.2) is 14.4 Å². The normalized spacial score (nSPS) is 12.0. The molecule has 0 bridgehead atoms. The Balaban J connectivity index is 2.08. The lowest BCUT2D eigenvalue weighted by molar-refractivity contribution is -0.385. The molecule has 1 atom stereocenters. The van der Waals surface area contributed by atoms with E-state index >= 15 is 0 Å². The number of halogens is 3. The third-order valence-corrected chi connectivity index (χ3v) is 4.96. The second-order valence-corrected chi connectivity index (χ2v) is 7.18. The quantitative estimate of drug-likeness (QED) is 0.308. The van der Waals surface area contributed by atoms with Crippen LogP contribution < -0.4 is 15.8 Å². The Bertz CT molecular complexity index is 1070. The summed E-state index contributed by atoms with van der Waals surface area (Å²) in [6, 6.07) is 5.43. The van der Waals surface area contributed by atoms with Crippen molar-refractivity contribution >= 4 is 55.6 Å². The van der Waals surface area contributed by atoms with Crippen LogP contribution in [0.2, 0.25) is 5.02 Å². The molecule has 0 aliphatic heterocycles. The fraction of sp³-hybridized carbons (Fsp3) is 0.176. The van der Waals surface area contributed by atoms with Gasteiger partial charge in [0.15, 0.2) is 11.6 Å². The molecule has 11 heteroatoms. The summed E-state index contributed by atoms with van der Waals surface area (Å²) in [5, 5.41) is 14.5. The van der Waals surface area contributed by atoms with Gasteiger partial charge in [-0.3, -0.25) is 10.1 Å². The number of hydrogen-bond donors (Lipinski definition) is 2. The zero-order valence-corrected chi connectivity index (χ0v) is 16.8. The largest absolute Gasteiger partial charge is 0.485 e. The van der Waals surface area contributed by atoms with Gasteiger partial charge in [0, 0.05) is 22.6 Å². The fourth-order valence-electron chi connectivity index (χ4n) is 2.40. The van der Waals surface area contributed by atoms with Crippen LogP contribution in [0.4, 0.5) is 21.6 Å². The average Bonchev–Trinajstić information content (AvgIpc) is 2.66. The molecule has 28 heavy (non-hydrogen) atoms. The van der Waals surface area contributed by atoms with Crippen molar-refractivity contribution in [3.63, 3.8) is 0 Å². The Kier molecular flexibility index (Phi) is 5.92. The van der Waals surface area contributed by atoms with Crippen molar-refractivity contribution in [3.05, 3.63) is 56.0 Å². The molecule has 0 aliphatic carbocycles. The zero-order chi connectivity index (χ0) is 20.4. The molecule has 0 saturated heterocycles. The highest BCUT2D eigenvalue weighted by molar-refractivity contribution is 9.10. The highest BCUT2D eigenvalue weighted by Gasteiger charge is 2.20. The molecule has 1 heterocycles. The zero-order valence-electron chi connectivity index (χ0n) is 14.4. The average molecular weight is 471 g/mol. The molecule has 3 aromatic rings. The van der Waals surface area contributed by atoms with Crippen LogP contribution in [0, 0.1) is 15.9 Å². The third-order valence-electron chi connectivity index (χ3n) is 3.70. The lowest BCUT2D eigenvalue weighted by Gasteiger charge is -2.13. The van der Waals surface area contributed by atoms with Gasteiger partial charge in [-0.05, 0) is 35.0 Å². The highest BCUT2D eigenvalue weighted by atomic mass is 79.9. The second kappa shape index (κ2) is 8.21. The number of nitro benzene ring substituents is 1. The van der Waals surface area contributed by atoms with Crippen LogP contribution >= 0.6 is 27.5 Å². The van der Waals surface area contributed by atoms with E-state index < -0.39 is 10.7 Å². The number of nitro groups is 1. The summed E-state index contributed by atoms with van der Waals surface area (Å²) in [6.07, 6.45) is 1.25. The summed E-state index contributed by atoms with van der Waals surface area (Å²) in [7, 11) is 0. The van der Waals surface area contributed by atoms with E-state index in [1.54, 1.807) is 13.0 Å². The molecule has 0 amide bonds. The van der Waals surface area contributed by atoms with E-state index in [1.807, 2.05) is 0 Å².